The Morgan fingerprint density at radius 1 is 1.45 bits per heavy atom. The molecule has 0 bridgehead atoms. The van der Waals surface area contributed by atoms with E-state index in [1.54, 1.807) is 19.6 Å². The second kappa shape index (κ2) is 8.42. The van der Waals surface area contributed by atoms with Crippen LogP contribution in [0.25, 0.3) is 0 Å². The van der Waals surface area contributed by atoms with E-state index in [2.05, 4.69) is 9.88 Å². The number of imidazole rings is 1. The van der Waals surface area contributed by atoms with E-state index in [1.165, 1.54) is 0 Å². The number of aromatic nitrogens is 2. The number of methoxy groups -OCH3 is 1. The summed E-state index contributed by atoms with van der Waals surface area (Å²) in [6.07, 6.45) is 6.18. The van der Waals surface area contributed by atoms with Gasteiger partial charge in [-0.2, -0.15) is 0 Å². The summed E-state index contributed by atoms with van der Waals surface area (Å²) in [6, 6.07) is 5.84. The molecule has 1 aromatic heterocycles. The maximum Gasteiger partial charge on any atom is 0.313 e. The van der Waals surface area contributed by atoms with Crippen molar-refractivity contribution in [3.8, 4) is 11.5 Å². The minimum atomic E-state index is -0.806. The van der Waals surface area contributed by atoms with Crippen LogP contribution in [0.15, 0.2) is 36.9 Å². The van der Waals surface area contributed by atoms with Crippen LogP contribution in [0.3, 0.4) is 0 Å². The molecule has 4 rings (SSSR count). The van der Waals surface area contributed by atoms with Crippen LogP contribution in [-0.2, 0) is 22.6 Å². The topological polar surface area (TPSA) is 86.0 Å². The van der Waals surface area contributed by atoms with Crippen molar-refractivity contribution in [1.82, 2.24) is 14.5 Å². The maximum absolute atomic E-state index is 12.0. The first-order valence-electron chi connectivity index (χ1n) is 9.90. The van der Waals surface area contributed by atoms with Gasteiger partial charge in [-0.25, -0.2) is 4.98 Å². The fourth-order valence-electron chi connectivity index (χ4n) is 4.44. The van der Waals surface area contributed by atoms with Gasteiger partial charge in [0.15, 0.2) is 11.5 Å². The number of hydrogen-bond acceptors (Lipinski definition) is 6. The normalized spacial score (nSPS) is 24.2. The number of likely N-dealkylation sites (tertiary alicyclic amines) is 1. The summed E-state index contributed by atoms with van der Waals surface area (Å²) in [4.78, 5) is 18.3. The van der Waals surface area contributed by atoms with E-state index in [4.69, 9.17) is 14.2 Å². The van der Waals surface area contributed by atoms with Gasteiger partial charge >= 0.3 is 5.97 Å². The molecule has 2 aromatic rings. The van der Waals surface area contributed by atoms with E-state index in [0.717, 1.165) is 18.5 Å². The molecule has 2 saturated heterocycles. The lowest BCUT2D eigenvalue weighted by Crippen LogP contribution is -2.46. The number of carbonyl (C=O) groups is 1. The monoisotopic (exact) mass is 401 g/mol. The van der Waals surface area contributed by atoms with Crippen molar-refractivity contribution in [2.75, 3.05) is 40.0 Å². The van der Waals surface area contributed by atoms with Crippen molar-refractivity contribution in [2.45, 2.75) is 19.5 Å². The molecular formula is C21H27N3O5. The Morgan fingerprint density at radius 3 is 3.07 bits per heavy atom. The first-order chi connectivity index (χ1) is 14.1. The van der Waals surface area contributed by atoms with Crippen molar-refractivity contribution in [3.63, 3.8) is 0 Å². The molecule has 3 heterocycles. The van der Waals surface area contributed by atoms with E-state index in [0.29, 0.717) is 44.3 Å². The summed E-state index contributed by atoms with van der Waals surface area (Å²) >= 11 is 0. The Bertz CT molecular complexity index is 841. The highest BCUT2D eigenvalue weighted by molar-refractivity contribution is 5.76. The van der Waals surface area contributed by atoms with Crippen LogP contribution < -0.4 is 9.47 Å². The molecule has 0 spiro atoms. The van der Waals surface area contributed by atoms with Gasteiger partial charge in [-0.1, -0.05) is 12.1 Å². The molecule has 2 aliphatic heterocycles. The van der Waals surface area contributed by atoms with Gasteiger partial charge in [0.2, 0.25) is 0 Å². The Balaban J connectivity index is 1.49. The van der Waals surface area contributed by atoms with Crippen molar-refractivity contribution >= 4 is 5.97 Å². The minimum Gasteiger partial charge on any atom is -0.493 e. The van der Waals surface area contributed by atoms with Crippen LogP contribution in [0.1, 0.15) is 12.0 Å². The third-order valence-corrected chi connectivity index (χ3v) is 5.99. The third-order valence-electron chi connectivity index (χ3n) is 5.99. The average molecular weight is 401 g/mol. The number of ether oxygens (including phenoxy) is 3. The van der Waals surface area contributed by atoms with Crippen LogP contribution in [0.5, 0.6) is 11.5 Å². The molecule has 29 heavy (non-hydrogen) atoms. The van der Waals surface area contributed by atoms with Gasteiger partial charge < -0.3 is 23.9 Å². The molecule has 1 N–H and O–H groups in total. The van der Waals surface area contributed by atoms with Crippen LogP contribution >= 0.6 is 0 Å². The molecule has 1 aromatic carbocycles. The molecule has 0 saturated carbocycles. The fourth-order valence-corrected chi connectivity index (χ4v) is 4.44. The van der Waals surface area contributed by atoms with Gasteiger partial charge in [0.25, 0.3) is 0 Å². The van der Waals surface area contributed by atoms with Crippen molar-refractivity contribution < 1.29 is 24.1 Å². The summed E-state index contributed by atoms with van der Waals surface area (Å²) in [5, 5.41) is 9.87. The van der Waals surface area contributed by atoms with Crippen molar-refractivity contribution in [2.24, 2.45) is 11.3 Å². The maximum atomic E-state index is 12.0. The number of carboxylic acids is 1. The molecule has 156 valence electrons. The number of para-hydroxylation sites is 1. The van der Waals surface area contributed by atoms with E-state index in [9.17, 15) is 9.90 Å². The highest BCUT2D eigenvalue weighted by Crippen LogP contribution is 2.43. The molecule has 8 heteroatoms. The Hall–Kier alpha value is -2.58. The SMILES string of the molecule is COc1cccc(CN2C[C@@H]3CCOC[C@]3(C(=O)O)C2)c1OCCn1ccnc1. The number of fused-ring (bicyclic) bond motifs is 1. The Kier molecular flexibility index (Phi) is 5.73. The second-order valence-electron chi connectivity index (χ2n) is 7.77. The summed E-state index contributed by atoms with van der Waals surface area (Å²) < 4.78 is 19.1. The molecule has 2 fully saturated rings. The van der Waals surface area contributed by atoms with Crippen LogP contribution in [0.2, 0.25) is 0 Å². The zero-order chi connectivity index (χ0) is 20.3. The summed E-state index contributed by atoms with van der Waals surface area (Å²) in [6.45, 7) is 3.94. The van der Waals surface area contributed by atoms with Gasteiger partial charge in [0.05, 0.1) is 26.6 Å². The van der Waals surface area contributed by atoms with Crippen molar-refractivity contribution in [1.29, 1.82) is 0 Å². The second-order valence-corrected chi connectivity index (χ2v) is 7.77. The van der Waals surface area contributed by atoms with Gasteiger partial charge in [0.1, 0.15) is 12.0 Å². The summed E-state index contributed by atoms with van der Waals surface area (Å²) in [5.74, 6) is 0.753. The molecule has 0 radical (unpaired) electrons. The predicted molar refractivity (Wildman–Crippen MR) is 105 cm³/mol. The molecule has 0 amide bonds. The zero-order valence-corrected chi connectivity index (χ0v) is 16.6. The first-order valence-corrected chi connectivity index (χ1v) is 9.90. The molecular weight excluding hydrogens is 374 g/mol. The number of hydrogen-bond donors (Lipinski definition) is 1. The van der Waals surface area contributed by atoms with Crippen LogP contribution in [0.4, 0.5) is 0 Å². The highest BCUT2D eigenvalue weighted by Gasteiger charge is 2.54. The minimum absolute atomic E-state index is 0.116. The zero-order valence-electron chi connectivity index (χ0n) is 16.6. The van der Waals surface area contributed by atoms with Gasteiger partial charge in [-0.3, -0.25) is 9.69 Å². The number of rotatable bonds is 8. The number of aliphatic carboxylic acids is 1. The fraction of sp³-hybridized carbons (Fsp3) is 0.524. The van der Waals surface area contributed by atoms with Gasteiger partial charge in [-0.15, -0.1) is 0 Å². The van der Waals surface area contributed by atoms with Gasteiger partial charge in [-0.05, 0) is 18.4 Å². The number of carboxylic acid groups (broad SMARTS) is 1. The third kappa shape index (κ3) is 3.95. The molecule has 8 nitrogen and oxygen atoms in total. The summed E-state index contributed by atoms with van der Waals surface area (Å²) in [7, 11) is 1.63. The molecule has 2 aliphatic rings. The quantitative estimate of drug-likeness (QED) is 0.723. The highest BCUT2D eigenvalue weighted by atomic mass is 16.5. The predicted octanol–water partition coefficient (Wildman–Crippen LogP) is 1.89. The van der Waals surface area contributed by atoms with Gasteiger partial charge in [0, 0.05) is 44.2 Å². The Morgan fingerprint density at radius 2 is 2.34 bits per heavy atom. The lowest BCUT2D eigenvalue weighted by atomic mass is 9.76. The lowest BCUT2D eigenvalue weighted by Gasteiger charge is -2.34. The standard InChI is InChI=1S/C21H27N3O5/c1-27-18-4-2-3-16(19(18)29-10-8-23-7-6-22-15-23)11-24-12-17-5-9-28-14-21(17,13-24)20(25)26/h2-4,6-7,15,17H,5,8-14H2,1H3,(H,25,26)/t17-,21+/m0/s1. The largest absolute Gasteiger partial charge is 0.493 e. The van der Waals surface area contributed by atoms with Crippen molar-refractivity contribution in [3.05, 3.63) is 42.5 Å². The van der Waals surface area contributed by atoms with Crippen LogP contribution in [-0.4, -0.2) is 65.5 Å². The van der Waals surface area contributed by atoms with E-state index in [1.807, 2.05) is 29.0 Å². The Labute approximate surface area is 170 Å². The van der Waals surface area contributed by atoms with E-state index < -0.39 is 11.4 Å². The average Bonchev–Trinajstić information content (AvgIpc) is 3.36. The number of benzene rings is 1. The van der Waals surface area contributed by atoms with E-state index in [-0.39, 0.29) is 12.5 Å². The van der Waals surface area contributed by atoms with E-state index >= 15 is 0 Å². The lowest BCUT2D eigenvalue weighted by molar-refractivity contribution is -0.159. The van der Waals surface area contributed by atoms with Crippen LogP contribution in [0, 0.1) is 11.3 Å². The molecule has 2 atom stereocenters. The first kappa shape index (κ1) is 19.7. The number of nitrogens with zero attached hydrogens (tertiary/aromatic N) is 3. The summed E-state index contributed by atoms with van der Waals surface area (Å²) in [5.41, 5.74) is 0.189. The molecule has 0 unspecified atom stereocenters. The smallest absolute Gasteiger partial charge is 0.313 e. The molecule has 0 aliphatic carbocycles.